The van der Waals surface area contributed by atoms with Crippen LogP contribution < -0.4 is 0 Å². The quantitative estimate of drug-likeness (QED) is 0.614. The minimum Gasteiger partial charge on any atom is -0.475 e. The predicted octanol–water partition coefficient (Wildman–Crippen LogP) is 2.94. The molecule has 0 spiro atoms. The molecular formula is C19H24F6N4O5. The second-order valence-corrected chi connectivity index (χ2v) is 7.48. The number of aliphatic carboxylic acids is 2. The fourth-order valence-corrected chi connectivity index (χ4v) is 3.00. The first kappa shape index (κ1) is 29.0. The van der Waals surface area contributed by atoms with Crippen LogP contribution in [0, 0.1) is 5.92 Å². The van der Waals surface area contributed by atoms with Crippen molar-refractivity contribution in [3.8, 4) is 0 Å². The Kier molecular flexibility index (Phi) is 10.6. The number of carboxylic acid groups (broad SMARTS) is 2. The average Bonchev–Trinajstić information content (AvgIpc) is 3.30. The predicted molar refractivity (Wildman–Crippen MR) is 104 cm³/mol. The summed E-state index contributed by atoms with van der Waals surface area (Å²) in [5.41, 5.74) is 0. The monoisotopic (exact) mass is 502 g/mol. The van der Waals surface area contributed by atoms with E-state index in [0.717, 1.165) is 44.3 Å². The van der Waals surface area contributed by atoms with E-state index in [9.17, 15) is 26.3 Å². The first-order valence-electron chi connectivity index (χ1n) is 9.59. The molecule has 9 nitrogen and oxygen atoms in total. The molecule has 3 heterocycles. The fourth-order valence-electron chi connectivity index (χ4n) is 3.00. The highest BCUT2D eigenvalue weighted by molar-refractivity contribution is 5.73. The Morgan fingerprint density at radius 2 is 1.68 bits per heavy atom. The summed E-state index contributed by atoms with van der Waals surface area (Å²) < 4.78 is 71.2. The zero-order valence-corrected chi connectivity index (χ0v) is 18.2. The van der Waals surface area contributed by atoms with Crippen molar-refractivity contribution in [3.63, 3.8) is 0 Å². The molecule has 15 heteroatoms. The van der Waals surface area contributed by atoms with Gasteiger partial charge in [0.15, 0.2) is 0 Å². The molecule has 2 aromatic heterocycles. The van der Waals surface area contributed by atoms with Gasteiger partial charge in [-0.2, -0.15) is 26.3 Å². The molecular weight excluding hydrogens is 478 g/mol. The van der Waals surface area contributed by atoms with E-state index in [4.69, 9.17) is 24.2 Å². The van der Waals surface area contributed by atoms with Gasteiger partial charge in [-0.1, -0.05) is 0 Å². The molecule has 1 atom stereocenters. The number of alkyl halides is 6. The lowest BCUT2D eigenvalue weighted by Crippen LogP contribution is -2.33. The average molecular weight is 502 g/mol. The van der Waals surface area contributed by atoms with Crippen molar-refractivity contribution in [1.82, 2.24) is 19.4 Å². The van der Waals surface area contributed by atoms with Crippen molar-refractivity contribution in [2.75, 3.05) is 27.2 Å². The Balaban J connectivity index is 0.000000343. The summed E-state index contributed by atoms with van der Waals surface area (Å²) in [6, 6.07) is 3.99. The summed E-state index contributed by atoms with van der Waals surface area (Å²) in [5, 5.41) is 14.2. The van der Waals surface area contributed by atoms with Gasteiger partial charge in [0.25, 0.3) is 0 Å². The Hall–Kier alpha value is -3.07. The van der Waals surface area contributed by atoms with E-state index in [2.05, 4.69) is 39.6 Å². The maximum atomic E-state index is 10.6. The van der Waals surface area contributed by atoms with Crippen LogP contribution in [0.4, 0.5) is 26.3 Å². The van der Waals surface area contributed by atoms with Gasteiger partial charge in [0.05, 0.1) is 19.4 Å². The number of aromatic nitrogens is 2. The van der Waals surface area contributed by atoms with E-state index in [1.165, 1.54) is 0 Å². The molecule has 0 fully saturated rings. The number of halogens is 6. The molecule has 0 saturated carbocycles. The first-order chi connectivity index (χ1) is 15.6. The Bertz CT molecular complexity index is 872. The molecule has 3 rings (SSSR count). The topological polar surface area (TPSA) is 112 Å². The maximum Gasteiger partial charge on any atom is 0.490 e. The molecule has 0 aliphatic carbocycles. The SMILES string of the molecule is CN(C)CC1CN(Cc2ccco2)Cc2nccn2C1.O=C(O)C(F)(F)F.O=C(O)C(F)(F)F. The lowest BCUT2D eigenvalue weighted by Gasteiger charge is -2.25. The number of rotatable bonds is 4. The highest BCUT2D eigenvalue weighted by Crippen LogP contribution is 2.18. The van der Waals surface area contributed by atoms with Crippen molar-refractivity contribution >= 4 is 11.9 Å². The van der Waals surface area contributed by atoms with Gasteiger partial charge in [-0.25, -0.2) is 14.6 Å². The van der Waals surface area contributed by atoms with Gasteiger partial charge in [0, 0.05) is 37.9 Å². The summed E-state index contributed by atoms with van der Waals surface area (Å²) in [4.78, 5) is 27.0. The Morgan fingerprint density at radius 3 is 2.12 bits per heavy atom. The molecule has 0 aromatic carbocycles. The van der Waals surface area contributed by atoms with Crippen molar-refractivity contribution in [1.29, 1.82) is 0 Å². The van der Waals surface area contributed by atoms with Gasteiger partial charge in [-0.15, -0.1) is 0 Å². The summed E-state index contributed by atoms with van der Waals surface area (Å²) in [5.74, 6) is -2.73. The largest absolute Gasteiger partial charge is 0.490 e. The van der Waals surface area contributed by atoms with E-state index in [1.54, 1.807) is 6.26 Å². The maximum absolute atomic E-state index is 10.6. The zero-order chi connectivity index (χ0) is 26.1. The minimum absolute atomic E-state index is 0.607. The van der Waals surface area contributed by atoms with Crippen LogP contribution in [0.25, 0.3) is 0 Å². The van der Waals surface area contributed by atoms with Crippen molar-refractivity contribution in [2.45, 2.75) is 32.0 Å². The molecule has 0 amide bonds. The van der Waals surface area contributed by atoms with Gasteiger partial charge in [-0.3, -0.25) is 4.90 Å². The van der Waals surface area contributed by atoms with E-state index in [0.29, 0.717) is 5.92 Å². The molecule has 192 valence electrons. The Labute approximate surface area is 190 Å². The van der Waals surface area contributed by atoms with Crippen LogP contribution in [0.15, 0.2) is 35.2 Å². The van der Waals surface area contributed by atoms with Crippen LogP contribution in [0.3, 0.4) is 0 Å². The van der Waals surface area contributed by atoms with Gasteiger partial charge in [0.1, 0.15) is 11.6 Å². The molecule has 0 saturated heterocycles. The zero-order valence-electron chi connectivity index (χ0n) is 18.2. The molecule has 2 aromatic rings. The van der Waals surface area contributed by atoms with E-state index >= 15 is 0 Å². The molecule has 1 unspecified atom stereocenters. The van der Waals surface area contributed by atoms with Crippen LogP contribution in [0.5, 0.6) is 0 Å². The molecule has 1 aliphatic rings. The minimum atomic E-state index is -5.08. The van der Waals surface area contributed by atoms with Crippen molar-refractivity contribution in [3.05, 3.63) is 42.4 Å². The number of carboxylic acids is 2. The standard InChI is InChI=1S/C15H22N4O.2C2HF3O2/c1-17(2)8-13-9-18(11-14-4-3-7-20-14)12-15-16-5-6-19(15)10-13;2*3-2(4,5)1(6)7/h3-7,13H,8-12H2,1-2H3;2*(H,6,7). The van der Waals surface area contributed by atoms with E-state index in [1.807, 2.05) is 18.3 Å². The van der Waals surface area contributed by atoms with Crippen LogP contribution in [0.1, 0.15) is 11.6 Å². The van der Waals surface area contributed by atoms with Crippen LogP contribution >= 0.6 is 0 Å². The lowest BCUT2D eigenvalue weighted by molar-refractivity contribution is -0.193. The molecule has 1 aliphatic heterocycles. The van der Waals surface area contributed by atoms with E-state index < -0.39 is 24.3 Å². The van der Waals surface area contributed by atoms with Crippen LogP contribution in [0.2, 0.25) is 0 Å². The third kappa shape index (κ3) is 10.7. The summed E-state index contributed by atoms with van der Waals surface area (Å²) >= 11 is 0. The second-order valence-electron chi connectivity index (χ2n) is 7.48. The number of imidazole rings is 1. The molecule has 2 N–H and O–H groups in total. The van der Waals surface area contributed by atoms with E-state index in [-0.39, 0.29) is 0 Å². The first-order valence-corrected chi connectivity index (χ1v) is 9.59. The number of hydrogen-bond donors (Lipinski definition) is 2. The lowest BCUT2D eigenvalue weighted by atomic mass is 10.1. The third-order valence-electron chi connectivity index (χ3n) is 4.21. The smallest absolute Gasteiger partial charge is 0.475 e. The second kappa shape index (κ2) is 12.4. The highest BCUT2D eigenvalue weighted by Gasteiger charge is 2.38. The molecule has 0 radical (unpaired) electrons. The number of furan rings is 1. The van der Waals surface area contributed by atoms with Gasteiger partial charge >= 0.3 is 24.3 Å². The normalized spacial score (nSPS) is 16.4. The Morgan fingerprint density at radius 1 is 1.12 bits per heavy atom. The fraction of sp³-hybridized carbons (Fsp3) is 0.526. The summed E-state index contributed by atoms with van der Waals surface area (Å²) in [6.07, 6.45) is -4.43. The van der Waals surface area contributed by atoms with Gasteiger partial charge < -0.3 is 24.1 Å². The summed E-state index contributed by atoms with van der Waals surface area (Å²) in [6.45, 7) is 4.94. The summed E-state index contributed by atoms with van der Waals surface area (Å²) in [7, 11) is 4.27. The number of fused-ring (bicyclic) bond motifs is 1. The van der Waals surface area contributed by atoms with Gasteiger partial charge in [0.2, 0.25) is 0 Å². The number of nitrogens with zero attached hydrogens (tertiary/aromatic N) is 4. The molecule has 0 bridgehead atoms. The van der Waals surface area contributed by atoms with Gasteiger partial charge in [-0.05, 0) is 26.2 Å². The van der Waals surface area contributed by atoms with Crippen molar-refractivity contribution in [2.24, 2.45) is 5.92 Å². The highest BCUT2D eigenvalue weighted by atomic mass is 19.4. The van der Waals surface area contributed by atoms with Crippen LogP contribution in [-0.4, -0.2) is 81.0 Å². The number of carbonyl (C=O) groups is 2. The number of hydrogen-bond acceptors (Lipinski definition) is 6. The van der Waals surface area contributed by atoms with Crippen LogP contribution in [-0.2, 0) is 29.2 Å². The third-order valence-corrected chi connectivity index (χ3v) is 4.21. The van der Waals surface area contributed by atoms with Crippen molar-refractivity contribution < 1.29 is 50.6 Å². The molecule has 34 heavy (non-hydrogen) atoms.